The van der Waals surface area contributed by atoms with Gasteiger partial charge < -0.3 is 9.47 Å². The topological polar surface area (TPSA) is 52.6 Å². The highest BCUT2D eigenvalue weighted by Gasteiger charge is 2.43. The van der Waals surface area contributed by atoms with Gasteiger partial charge in [0.2, 0.25) is 6.10 Å². The fourth-order valence-electron chi connectivity index (χ4n) is 2.65. The molecule has 0 radical (unpaired) electrons. The Bertz CT molecular complexity index is 352. The van der Waals surface area contributed by atoms with Gasteiger partial charge in [0.05, 0.1) is 12.0 Å². The van der Waals surface area contributed by atoms with Crippen molar-refractivity contribution in [1.82, 2.24) is 0 Å². The van der Waals surface area contributed by atoms with E-state index in [0.717, 1.165) is 19.3 Å². The van der Waals surface area contributed by atoms with Gasteiger partial charge in [-0.15, -0.1) is 0 Å². The van der Waals surface area contributed by atoms with E-state index in [1.54, 1.807) is 0 Å². The van der Waals surface area contributed by atoms with Crippen LogP contribution >= 0.6 is 0 Å². The summed E-state index contributed by atoms with van der Waals surface area (Å²) < 4.78 is 10.3. The number of rotatable bonds is 7. The van der Waals surface area contributed by atoms with E-state index in [1.165, 1.54) is 0 Å². The molecule has 0 spiro atoms. The van der Waals surface area contributed by atoms with Gasteiger partial charge in [0.15, 0.2) is 0 Å². The van der Waals surface area contributed by atoms with Gasteiger partial charge in [-0.3, -0.25) is 4.79 Å². The van der Waals surface area contributed by atoms with Crippen molar-refractivity contribution >= 4 is 11.9 Å². The van der Waals surface area contributed by atoms with Gasteiger partial charge in [-0.25, -0.2) is 4.79 Å². The molecule has 0 aliphatic carbocycles. The van der Waals surface area contributed by atoms with E-state index in [1.807, 2.05) is 6.92 Å². The molecule has 1 aliphatic heterocycles. The number of esters is 2. The molecule has 0 amide bonds. The van der Waals surface area contributed by atoms with E-state index in [2.05, 4.69) is 27.7 Å². The summed E-state index contributed by atoms with van der Waals surface area (Å²) in [6, 6.07) is 0. The summed E-state index contributed by atoms with van der Waals surface area (Å²) in [5.74, 6) is 0.0166. The molecule has 0 aromatic carbocycles. The van der Waals surface area contributed by atoms with E-state index in [4.69, 9.17) is 9.47 Å². The Morgan fingerprint density at radius 2 is 2.05 bits per heavy atom. The summed E-state index contributed by atoms with van der Waals surface area (Å²) in [4.78, 5) is 24.0. The van der Waals surface area contributed by atoms with Crippen LogP contribution in [0.5, 0.6) is 0 Å². The van der Waals surface area contributed by atoms with E-state index < -0.39 is 17.5 Å². The molecule has 1 rings (SSSR count). The van der Waals surface area contributed by atoms with E-state index in [0.29, 0.717) is 18.9 Å². The molecule has 1 heterocycles. The van der Waals surface area contributed by atoms with Crippen molar-refractivity contribution in [3.05, 3.63) is 0 Å². The second kappa shape index (κ2) is 7.09. The summed E-state index contributed by atoms with van der Waals surface area (Å²) in [5, 5.41) is 0. The van der Waals surface area contributed by atoms with Crippen LogP contribution in [0.3, 0.4) is 0 Å². The Balaban J connectivity index is 2.80. The molecule has 0 saturated carbocycles. The summed E-state index contributed by atoms with van der Waals surface area (Å²) in [6.07, 6.45) is 2.51. The van der Waals surface area contributed by atoms with Crippen molar-refractivity contribution in [2.45, 2.75) is 66.4 Å². The zero-order chi connectivity index (χ0) is 15.3. The molecule has 4 unspecified atom stereocenters. The predicted molar refractivity (Wildman–Crippen MR) is 77.1 cm³/mol. The fraction of sp³-hybridized carbons (Fsp3) is 0.875. The maximum atomic E-state index is 12.6. The Hall–Kier alpha value is -1.06. The molecule has 0 aromatic heterocycles. The molecule has 4 atom stereocenters. The first-order chi connectivity index (χ1) is 9.35. The minimum Gasteiger partial charge on any atom is -0.463 e. The molecule has 0 aromatic rings. The van der Waals surface area contributed by atoms with Gasteiger partial charge in [0, 0.05) is 6.42 Å². The van der Waals surface area contributed by atoms with Crippen LogP contribution in [0.1, 0.15) is 60.3 Å². The first-order valence-corrected chi connectivity index (χ1v) is 7.72. The quantitative estimate of drug-likeness (QED) is 0.673. The van der Waals surface area contributed by atoms with Crippen LogP contribution in [-0.4, -0.2) is 24.6 Å². The summed E-state index contributed by atoms with van der Waals surface area (Å²) >= 11 is 0. The fourth-order valence-corrected chi connectivity index (χ4v) is 2.65. The number of carbonyl (C=O) groups excluding carboxylic acids is 2. The Morgan fingerprint density at radius 1 is 1.40 bits per heavy atom. The van der Waals surface area contributed by atoms with Crippen LogP contribution in [0.4, 0.5) is 0 Å². The first kappa shape index (κ1) is 17.0. The SMILES string of the molecule is CCC(C)CC(C)(C(=O)OC1CCOC1=O)C(C)CC. The summed E-state index contributed by atoms with van der Waals surface area (Å²) in [7, 11) is 0. The van der Waals surface area contributed by atoms with Crippen molar-refractivity contribution in [3.63, 3.8) is 0 Å². The molecule has 4 heteroatoms. The largest absolute Gasteiger partial charge is 0.463 e. The Labute approximate surface area is 122 Å². The predicted octanol–water partition coefficient (Wildman–Crippen LogP) is 3.33. The highest BCUT2D eigenvalue weighted by Crippen LogP contribution is 2.39. The molecule has 20 heavy (non-hydrogen) atoms. The third-order valence-corrected chi connectivity index (χ3v) is 4.77. The second-order valence-electron chi connectivity index (χ2n) is 6.29. The Morgan fingerprint density at radius 3 is 2.50 bits per heavy atom. The third kappa shape index (κ3) is 3.74. The van der Waals surface area contributed by atoms with Crippen molar-refractivity contribution < 1.29 is 19.1 Å². The molecular weight excluding hydrogens is 256 g/mol. The minimum atomic E-state index is -0.706. The highest BCUT2D eigenvalue weighted by atomic mass is 16.6. The number of hydrogen-bond donors (Lipinski definition) is 0. The second-order valence-corrected chi connectivity index (χ2v) is 6.29. The van der Waals surface area contributed by atoms with E-state index in [9.17, 15) is 9.59 Å². The lowest BCUT2D eigenvalue weighted by atomic mass is 9.70. The van der Waals surface area contributed by atoms with Crippen LogP contribution in [-0.2, 0) is 19.1 Å². The van der Waals surface area contributed by atoms with Crippen LogP contribution in [0.15, 0.2) is 0 Å². The van der Waals surface area contributed by atoms with Crippen molar-refractivity contribution in [1.29, 1.82) is 0 Å². The minimum absolute atomic E-state index is 0.224. The average Bonchev–Trinajstić information content (AvgIpc) is 2.82. The lowest BCUT2D eigenvalue weighted by Gasteiger charge is -2.35. The lowest BCUT2D eigenvalue weighted by molar-refractivity contribution is -0.171. The van der Waals surface area contributed by atoms with Crippen molar-refractivity contribution in [2.75, 3.05) is 6.61 Å². The molecule has 0 N–H and O–H groups in total. The molecule has 1 aliphatic rings. The molecule has 116 valence electrons. The summed E-state index contributed by atoms with van der Waals surface area (Å²) in [5.41, 5.74) is -0.535. The van der Waals surface area contributed by atoms with Gasteiger partial charge in [0.1, 0.15) is 0 Å². The van der Waals surface area contributed by atoms with Gasteiger partial charge in [-0.2, -0.15) is 0 Å². The Kier molecular flexibility index (Phi) is 6.03. The average molecular weight is 284 g/mol. The lowest BCUT2D eigenvalue weighted by Crippen LogP contribution is -2.40. The monoisotopic (exact) mass is 284 g/mol. The van der Waals surface area contributed by atoms with Gasteiger partial charge in [-0.05, 0) is 25.2 Å². The molecule has 1 saturated heterocycles. The first-order valence-electron chi connectivity index (χ1n) is 7.72. The molecule has 0 bridgehead atoms. The highest BCUT2D eigenvalue weighted by molar-refractivity contribution is 5.83. The maximum Gasteiger partial charge on any atom is 0.347 e. The normalized spacial score (nSPS) is 24.6. The van der Waals surface area contributed by atoms with Crippen LogP contribution in [0, 0.1) is 17.3 Å². The summed E-state index contributed by atoms with van der Waals surface area (Å²) in [6.45, 7) is 10.8. The van der Waals surface area contributed by atoms with E-state index >= 15 is 0 Å². The molecule has 1 fully saturated rings. The van der Waals surface area contributed by atoms with Gasteiger partial charge >= 0.3 is 11.9 Å². The zero-order valence-electron chi connectivity index (χ0n) is 13.4. The van der Waals surface area contributed by atoms with Crippen molar-refractivity contribution in [3.8, 4) is 0 Å². The van der Waals surface area contributed by atoms with Crippen LogP contribution in [0.2, 0.25) is 0 Å². The smallest absolute Gasteiger partial charge is 0.347 e. The number of ether oxygens (including phenoxy) is 2. The van der Waals surface area contributed by atoms with Gasteiger partial charge in [0.25, 0.3) is 0 Å². The molecular formula is C16H28O4. The van der Waals surface area contributed by atoms with E-state index in [-0.39, 0.29) is 11.9 Å². The molecule has 4 nitrogen and oxygen atoms in total. The van der Waals surface area contributed by atoms with Gasteiger partial charge in [-0.1, -0.05) is 40.5 Å². The van der Waals surface area contributed by atoms with Crippen LogP contribution < -0.4 is 0 Å². The maximum absolute atomic E-state index is 12.6. The number of carbonyl (C=O) groups is 2. The number of cyclic esters (lactones) is 1. The number of hydrogen-bond acceptors (Lipinski definition) is 4. The third-order valence-electron chi connectivity index (χ3n) is 4.77. The van der Waals surface area contributed by atoms with Crippen LogP contribution in [0.25, 0.3) is 0 Å². The standard InChI is InChI=1S/C16H28O4/c1-6-11(3)10-16(5,12(4)7-2)15(18)20-13-8-9-19-14(13)17/h11-13H,6-10H2,1-5H3. The zero-order valence-corrected chi connectivity index (χ0v) is 13.4. The van der Waals surface area contributed by atoms with Crippen molar-refractivity contribution in [2.24, 2.45) is 17.3 Å².